The number of hydrogen-bond acceptors (Lipinski definition) is 2. The molecule has 1 aromatic heterocycles. The van der Waals surface area contributed by atoms with Gasteiger partial charge in [0.15, 0.2) is 0 Å². The van der Waals surface area contributed by atoms with E-state index in [0.717, 1.165) is 19.3 Å². The van der Waals surface area contributed by atoms with Crippen molar-refractivity contribution >= 4 is 11.3 Å². The largest absolute Gasteiger partial charge is 0.393 e. The van der Waals surface area contributed by atoms with Crippen LogP contribution in [0.25, 0.3) is 0 Å². The number of hydrogen-bond donors (Lipinski definition) is 1. The van der Waals surface area contributed by atoms with Crippen LogP contribution in [0.5, 0.6) is 0 Å². The normalized spacial score (nSPS) is 23.8. The van der Waals surface area contributed by atoms with Gasteiger partial charge in [-0.2, -0.15) is 0 Å². The number of aliphatic hydroxyl groups excluding tert-OH is 1. The van der Waals surface area contributed by atoms with Crippen molar-refractivity contribution in [2.24, 2.45) is 5.92 Å². The van der Waals surface area contributed by atoms with Crippen LogP contribution in [0.4, 0.5) is 0 Å². The van der Waals surface area contributed by atoms with E-state index in [9.17, 15) is 5.11 Å². The van der Waals surface area contributed by atoms with Gasteiger partial charge in [-0.05, 0) is 48.1 Å². The van der Waals surface area contributed by atoms with E-state index in [-0.39, 0.29) is 6.10 Å². The maximum Gasteiger partial charge on any atom is 0.0577 e. The molecule has 1 nitrogen and oxygen atoms in total. The third kappa shape index (κ3) is 2.65. The zero-order chi connectivity index (χ0) is 12.4. The molecule has 1 aliphatic carbocycles. The van der Waals surface area contributed by atoms with Gasteiger partial charge < -0.3 is 5.11 Å². The van der Waals surface area contributed by atoms with Gasteiger partial charge in [0.2, 0.25) is 0 Å². The Morgan fingerprint density at radius 2 is 2.00 bits per heavy atom. The molecule has 0 saturated heterocycles. The van der Waals surface area contributed by atoms with Crippen LogP contribution >= 0.6 is 11.3 Å². The number of aryl methyl sites for hydroxylation is 1. The molecule has 2 aromatic rings. The molecule has 1 aliphatic rings. The molecule has 18 heavy (non-hydrogen) atoms. The average molecular weight is 258 g/mol. The molecule has 1 saturated carbocycles. The fraction of sp³-hybridized carbons (Fsp3) is 0.375. The van der Waals surface area contributed by atoms with Crippen LogP contribution in [0.2, 0.25) is 0 Å². The monoisotopic (exact) mass is 258 g/mol. The third-order valence-corrected chi connectivity index (χ3v) is 4.76. The zero-order valence-corrected chi connectivity index (χ0v) is 11.1. The Hall–Kier alpha value is -1.12. The highest BCUT2D eigenvalue weighted by atomic mass is 32.1. The molecule has 0 aliphatic heterocycles. The lowest BCUT2D eigenvalue weighted by molar-refractivity contribution is 0.139. The summed E-state index contributed by atoms with van der Waals surface area (Å²) in [5.41, 5.74) is 1.39. The van der Waals surface area contributed by atoms with E-state index in [1.165, 1.54) is 10.4 Å². The second-order valence-corrected chi connectivity index (χ2v) is 6.13. The lowest BCUT2D eigenvalue weighted by Crippen LogP contribution is -2.11. The molecule has 1 fully saturated rings. The summed E-state index contributed by atoms with van der Waals surface area (Å²) < 4.78 is 0. The van der Waals surface area contributed by atoms with Crippen molar-refractivity contribution < 1.29 is 5.11 Å². The summed E-state index contributed by atoms with van der Waals surface area (Å²) in [5.74, 6) is 1.07. The van der Waals surface area contributed by atoms with Gasteiger partial charge in [-0.25, -0.2) is 0 Å². The summed E-state index contributed by atoms with van der Waals surface area (Å²) in [4.78, 5) is 1.38. The van der Waals surface area contributed by atoms with Gasteiger partial charge in [0.05, 0.1) is 6.10 Å². The molecular weight excluding hydrogens is 240 g/mol. The first-order valence-corrected chi connectivity index (χ1v) is 7.48. The fourth-order valence-electron chi connectivity index (χ4n) is 2.68. The molecule has 0 amide bonds. The summed E-state index contributed by atoms with van der Waals surface area (Å²) in [6.07, 6.45) is 2.92. The highest BCUT2D eigenvalue weighted by molar-refractivity contribution is 7.09. The maximum absolute atomic E-state index is 10.2. The summed E-state index contributed by atoms with van der Waals surface area (Å²) in [6.45, 7) is 0. The molecule has 0 bridgehead atoms. The minimum atomic E-state index is -0.141. The number of rotatable bonds is 5. The van der Waals surface area contributed by atoms with E-state index in [0.29, 0.717) is 11.8 Å². The topological polar surface area (TPSA) is 20.2 Å². The van der Waals surface area contributed by atoms with E-state index in [2.05, 4.69) is 41.8 Å². The second-order valence-electron chi connectivity index (χ2n) is 5.10. The minimum Gasteiger partial charge on any atom is -0.393 e. The van der Waals surface area contributed by atoms with Crippen molar-refractivity contribution in [1.29, 1.82) is 0 Å². The summed E-state index contributed by atoms with van der Waals surface area (Å²) in [6, 6.07) is 14.8. The summed E-state index contributed by atoms with van der Waals surface area (Å²) in [7, 11) is 0. The molecular formula is C16H18OS. The van der Waals surface area contributed by atoms with Crippen LogP contribution in [0.3, 0.4) is 0 Å². The highest BCUT2D eigenvalue weighted by Crippen LogP contribution is 2.50. The van der Waals surface area contributed by atoms with E-state index in [1.54, 1.807) is 11.3 Å². The van der Waals surface area contributed by atoms with Gasteiger partial charge >= 0.3 is 0 Å². The van der Waals surface area contributed by atoms with Crippen molar-refractivity contribution in [3.63, 3.8) is 0 Å². The standard InChI is InChI=1S/C16H18OS/c17-16(9-8-13-7-4-10-18-13)15-11-14(15)12-5-2-1-3-6-12/h1-7,10,14-17H,8-9,11H2. The molecule has 1 N–H and O–H groups in total. The highest BCUT2D eigenvalue weighted by Gasteiger charge is 2.42. The van der Waals surface area contributed by atoms with Crippen LogP contribution in [0.1, 0.15) is 29.2 Å². The number of aliphatic hydroxyl groups is 1. The maximum atomic E-state index is 10.2. The van der Waals surface area contributed by atoms with Crippen molar-refractivity contribution in [1.82, 2.24) is 0 Å². The predicted molar refractivity (Wildman–Crippen MR) is 75.9 cm³/mol. The number of thiophene rings is 1. The van der Waals surface area contributed by atoms with Crippen molar-refractivity contribution in [2.45, 2.75) is 31.3 Å². The first kappa shape index (κ1) is 11.9. The molecule has 1 heterocycles. The van der Waals surface area contributed by atoms with E-state index in [1.807, 2.05) is 6.07 Å². The molecule has 3 atom stereocenters. The molecule has 3 rings (SSSR count). The van der Waals surface area contributed by atoms with E-state index in [4.69, 9.17) is 0 Å². The van der Waals surface area contributed by atoms with Gasteiger partial charge in [0, 0.05) is 4.88 Å². The Labute approximate surface area is 112 Å². The van der Waals surface area contributed by atoms with E-state index >= 15 is 0 Å². The molecule has 1 aromatic carbocycles. The second kappa shape index (κ2) is 5.25. The van der Waals surface area contributed by atoms with Crippen LogP contribution in [-0.4, -0.2) is 11.2 Å². The lowest BCUT2D eigenvalue weighted by Gasteiger charge is -2.09. The summed E-state index contributed by atoms with van der Waals surface area (Å²) >= 11 is 1.78. The van der Waals surface area contributed by atoms with Gasteiger partial charge in [0.1, 0.15) is 0 Å². The van der Waals surface area contributed by atoms with Gasteiger partial charge in [-0.3, -0.25) is 0 Å². The SMILES string of the molecule is OC(CCc1cccs1)C1CC1c1ccccc1. The van der Waals surface area contributed by atoms with Crippen molar-refractivity contribution in [2.75, 3.05) is 0 Å². The molecule has 0 radical (unpaired) electrons. The van der Waals surface area contributed by atoms with E-state index < -0.39 is 0 Å². The van der Waals surface area contributed by atoms with Gasteiger partial charge in [-0.15, -0.1) is 11.3 Å². The van der Waals surface area contributed by atoms with Gasteiger partial charge in [-0.1, -0.05) is 36.4 Å². The van der Waals surface area contributed by atoms with Crippen LogP contribution in [-0.2, 0) is 6.42 Å². The fourth-order valence-corrected chi connectivity index (χ4v) is 3.41. The Balaban J connectivity index is 1.52. The first-order valence-electron chi connectivity index (χ1n) is 6.60. The molecule has 2 heteroatoms. The Morgan fingerprint density at radius 1 is 1.17 bits per heavy atom. The Kier molecular flexibility index (Phi) is 3.48. The molecule has 3 unspecified atom stereocenters. The van der Waals surface area contributed by atoms with Crippen LogP contribution < -0.4 is 0 Å². The van der Waals surface area contributed by atoms with Crippen LogP contribution in [0.15, 0.2) is 47.8 Å². The zero-order valence-electron chi connectivity index (χ0n) is 10.3. The molecule has 94 valence electrons. The van der Waals surface area contributed by atoms with Crippen LogP contribution in [0, 0.1) is 5.92 Å². The van der Waals surface area contributed by atoms with Gasteiger partial charge in [0.25, 0.3) is 0 Å². The summed E-state index contributed by atoms with van der Waals surface area (Å²) in [5, 5.41) is 12.3. The predicted octanol–water partition coefficient (Wildman–Crippen LogP) is 3.85. The van der Waals surface area contributed by atoms with Crippen molar-refractivity contribution in [3.8, 4) is 0 Å². The quantitative estimate of drug-likeness (QED) is 0.863. The minimum absolute atomic E-state index is 0.141. The third-order valence-electron chi connectivity index (χ3n) is 3.83. The molecule has 0 spiro atoms. The number of benzene rings is 1. The Bertz CT molecular complexity index is 477. The Morgan fingerprint density at radius 3 is 2.72 bits per heavy atom. The first-order chi connectivity index (χ1) is 8.84. The van der Waals surface area contributed by atoms with Crippen molar-refractivity contribution in [3.05, 3.63) is 58.3 Å². The lowest BCUT2D eigenvalue weighted by atomic mass is 10.0. The average Bonchev–Trinajstić information content (AvgIpc) is 3.05. The smallest absolute Gasteiger partial charge is 0.0577 e.